The van der Waals surface area contributed by atoms with Gasteiger partial charge in [0.2, 0.25) is 0 Å². The number of amides is 1. The van der Waals surface area contributed by atoms with Gasteiger partial charge in [-0.25, -0.2) is 0 Å². The molecule has 1 amide bonds. The number of carbonyl (C=O) groups is 1. The van der Waals surface area contributed by atoms with E-state index in [9.17, 15) is 4.79 Å². The third-order valence-corrected chi connectivity index (χ3v) is 3.75. The molecule has 0 saturated heterocycles. The van der Waals surface area contributed by atoms with Crippen molar-refractivity contribution in [2.75, 3.05) is 6.61 Å². The molecule has 3 rings (SSSR count). The Morgan fingerprint density at radius 2 is 2.32 bits per heavy atom. The number of nitrogens with two attached hydrogens (primary N) is 1. The molecule has 2 N–H and O–H groups in total. The second-order valence-electron chi connectivity index (χ2n) is 5.12. The van der Waals surface area contributed by atoms with Gasteiger partial charge in [0.1, 0.15) is 11.4 Å². The summed E-state index contributed by atoms with van der Waals surface area (Å²) in [5, 5.41) is 5.01. The number of carbonyl (C=O) groups excluding carboxylic acids is 1. The number of rotatable bonds is 4. The first-order valence-corrected chi connectivity index (χ1v) is 6.54. The highest BCUT2D eigenvalue weighted by Crippen LogP contribution is 2.28. The normalized spacial score (nSPS) is 15.4. The fourth-order valence-electron chi connectivity index (χ4n) is 2.43. The van der Waals surface area contributed by atoms with E-state index in [2.05, 4.69) is 5.10 Å². The quantitative estimate of drug-likeness (QED) is 0.911. The van der Waals surface area contributed by atoms with Crippen LogP contribution in [-0.4, -0.2) is 22.3 Å². The Morgan fingerprint density at radius 3 is 2.95 bits per heavy atom. The monoisotopic (exact) mass is 259 g/mol. The fraction of sp³-hybridized carbons (Fsp3) is 0.429. The lowest BCUT2D eigenvalue weighted by molar-refractivity contribution is 0.0993. The number of primary amides is 1. The van der Waals surface area contributed by atoms with Gasteiger partial charge in [-0.15, -0.1) is 0 Å². The average Bonchev–Trinajstić information content (AvgIpc) is 2.62. The van der Waals surface area contributed by atoms with Crippen molar-refractivity contribution in [1.29, 1.82) is 0 Å². The Balaban J connectivity index is 1.89. The molecule has 5 nitrogen and oxygen atoms in total. The molecule has 100 valence electrons. The third-order valence-electron chi connectivity index (χ3n) is 3.75. The highest BCUT2D eigenvalue weighted by atomic mass is 16.5. The van der Waals surface area contributed by atoms with Gasteiger partial charge in [0, 0.05) is 12.4 Å². The zero-order chi connectivity index (χ0) is 13.4. The van der Waals surface area contributed by atoms with Crippen LogP contribution < -0.4 is 10.5 Å². The molecule has 0 bridgehead atoms. The Morgan fingerprint density at radius 1 is 1.53 bits per heavy atom. The van der Waals surface area contributed by atoms with Gasteiger partial charge in [-0.3, -0.25) is 9.48 Å². The summed E-state index contributed by atoms with van der Waals surface area (Å²) in [5.41, 5.74) is 6.56. The van der Waals surface area contributed by atoms with Crippen LogP contribution in [-0.2, 0) is 7.05 Å². The van der Waals surface area contributed by atoms with Crippen LogP contribution in [0.15, 0.2) is 18.2 Å². The minimum atomic E-state index is -0.471. The topological polar surface area (TPSA) is 70.1 Å². The molecule has 0 aliphatic heterocycles. The van der Waals surface area contributed by atoms with Crippen molar-refractivity contribution in [3.8, 4) is 5.75 Å². The standard InChI is InChI=1S/C14H17N3O2/c1-17-13(14(15)18)11-7-10(5-6-12(11)16-17)19-8-9-3-2-4-9/h5-7,9H,2-4,8H2,1H3,(H2,15,18). The Hall–Kier alpha value is -2.04. The van der Waals surface area contributed by atoms with Gasteiger partial charge in [-0.1, -0.05) is 6.42 Å². The van der Waals surface area contributed by atoms with Crippen LogP contribution in [0.2, 0.25) is 0 Å². The molecule has 1 aliphatic carbocycles. The molecule has 1 aromatic carbocycles. The molecule has 1 fully saturated rings. The van der Waals surface area contributed by atoms with Crippen molar-refractivity contribution in [3.05, 3.63) is 23.9 Å². The highest BCUT2D eigenvalue weighted by Gasteiger charge is 2.19. The van der Waals surface area contributed by atoms with E-state index in [1.165, 1.54) is 23.9 Å². The van der Waals surface area contributed by atoms with Crippen molar-refractivity contribution in [2.45, 2.75) is 19.3 Å². The van der Waals surface area contributed by atoms with Gasteiger partial charge >= 0.3 is 0 Å². The number of hydrogen-bond acceptors (Lipinski definition) is 3. The molecule has 1 aliphatic rings. The van der Waals surface area contributed by atoms with Gasteiger partial charge in [0.15, 0.2) is 0 Å². The Bertz CT molecular complexity index is 629. The van der Waals surface area contributed by atoms with E-state index < -0.39 is 5.91 Å². The summed E-state index contributed by atoms with van der Waals surface area (Å²) in [5.74, 6) is 0.983. The van der Waals surface area contributed by atoms with Crippen LogP contribution in [0.25, 0.3) is 10.9 Å². The van der Waals surface area contributed by atoms with Crippen molar-refractivity contribution < 1.29 is 9.53 Å². The van der Waals surface area contributed by atoms with Crippen LogP contribution in [0.4, 0.5) is 0 Å². The van der Waals surface area contributed by atoms with Crippen molar-refractivity contribution in [1.82, 2.24) is 9.78 Å². The molecule has 2 aromatic rings. The molecular formula is C14H17N3O2. The van der Waals surface area contributed by atoms with E-state index in [1.54, 1.807) is 7.05 Å². The summed E-state index contributed by atoms with van der Waals surface area (Å²) in [6, 6.07) is 5.59. The molecule has 0 atom stereocenters. The summed E-state index contributed by atoms with van der Waals surface area (Å²) in [4.78, 5) is 11.5. The van der Waals surface area contributed by atoms with Crippen LogP contribution in [0.3, 0.4) is 0 Å². The predicted molar refractivity (Wildman–Crippen MR) is 72.1 cm³/mol. The zero-order valence-corrected chi connectivity index (χ0v) is 10.9. The fourth-order valence-corrected chi connectivity index (χ4v) is 2.43. The lowest BCUT2D eigenvalue weighted by Crippen LogP contribution is -2.19. The minimum absolute atomic E-state index is 0.420. The maximum absolute atomic E-state index is 11.5. The summed E-state index contributed by atoms with van der Waals surface area (Å²) in [6.07, 6.45) is 3.81. The Kier molecular flexibility index (Phi) is 2.89. The van der Waals surface area contributed by atoms with E-state index in [1.807, 2.05) is 18.2 Å². The van der Waals surface area contributed by atoms with Gasteiger partial charge in [-0.2, -0.15) is 5.10 Å². The number of nitrogens with zero attached hydrogens (tertiary/aromatic N) is 2. The third kappa shape index (κ3) is 2.16. The van der Waals surface area contributed by atoms with E-state index in [-0.39, 0.29) is 0 Å². The molecule has 5 heteroatoms. The molecule has 1 heterocycles. The largest absolute Gasteiger partial charge is 0.493 e. The predicted octanol–water partition coefficient (Wildman–Crippen LogP) is 1.85. The van der Waals surface area contributed by atoms with Crippen LogP contribution in [0, 0.1) is 5.92 Å². The number of ether oxygens (including phenoxy) is 1. The molecule has 0 spiro atoms. The summed E-state index contributed by atoms with van der Waals surface area (Å²) in [6.45, 7) is 0.748. The van der Waals surface area contributed by atoms with Gasteiger partial charge in [0.05, 0.1) is 12.1 Å². The number of benzene rings is 1. The van der Waals surface area contributed by atoms with Gasteiger partial charge in [0.25, 0.3) is 5.91 Å². The van der Waals surface area contributed by atoms with Crippen molar-refractivity contribution in [2.24, 2.45) is 18.7 Å². The molecule has 19 heavy (non-hydrogen) atoms. The maximum Gasteiger partial charge on any atom is 0.267 e. The SMILES string of the molecule is Cn1nc2ccc(OCC3CCC3)cc2c1C(N)=O. The van der Waals surface area contributed by atoms with Gasteiger partial charge < -0.3 is 10.5 Å². The smallest absolute Gasteiger partial charge is 0.267 e. The number of aryl methyl sites for hydroxylation is 1. The summed E-state index contributed by atoms with van der Waals surface area (Å²) >= 11 is 0. The second kappa shape index (κ2) is 4.57. The molecule has 1 aromatic heterocycles. The van der Waals surface area contributed by atoms with E-state index >= 15 is 0 Å². The molecule has 0 radical (unpaired) electrons. The summed E-state index contributed by atoms with van der Waals surface area (Å²) in [7, 11) is 1.72. The first-order valence-electron chi connectivity index (χ1n) is 6.54. The van der Waals surface area contributed by atoms with Crippen LogP contribution in [0.5, 0.6) is 5.75 Å². The summed E-state index contributed by atoms with van der Waals surface area (Å²) < 4.78 is 7.29. The van der Waals surface area contributed by atoms with E-state index in [4.69, 9.17) is 10.5 Å². The number of aromatic nitrogens is 2. The molecule has 0 unspecified atom stereocenters. The van der Waals surface area contributed by atoms with Crippen LogP contribution in [0.1, 0.15) is 29.8 Å². The minimum Gasteiger partial charge on any atom is -0.493 e. The van der Waals surface area contributed by atoms with Crippen molar-refractivity contribution >= 4 is 16.8 Å². The first kappa shape index (κ1) is 12.0. The Labute approximate surface area is 111 Å². The zero-order valence-electron chi connectivity index (χ0n) is 10.9. The maximum atomic E-state index is 11.5. The van der Waals surface area contributed by atoms with E-state index in [0.29, 0.717) is 11.6 Å². The van der Waals surface area contributed by atoms with E-state index in [0.717, 1.165) is 23.3 Å². The van der Waals surface area contributed by atoms with Crippen LogP contribution >= 0.6 is 0 Å². The second-order valence-corrected chi connectivity index (χ2v) is 5.12. The highest BCUT2D eigenvalue weighted by molar-refractivity contribution is 6.04. The molecular weight excluding hydrogens is 242 g/mol. The number of fused-ring (bicyclic) bond motifs is 1. The van der Waals surface area contributed by atoms with Crippen molar-refractivity contribution in [3.63, 3.8) is 0 Å². The lowest BCUT2D eigenvalue weighted by atomic mass is 9.86. The lowest BCUT2D eigenvalue weighted by Gasteiger charge is -2.25. The molecule has 1 saturated carbocycles. The first-order chi connectivity index (χ1) is 9.15. The van der Waals surface area contributed by atoms with Gasteiger partial charge in [-0.05, 0) is 37.0 Å². The number of hydrogen-bond donors (Lipinski definition) is 1. The average molecular weight is 259 g/mol.